The van der Waals surface area contributed by atoms with Gasteiger partial charge in [0.05, 0.1) is 16.8 Å². The van der Waals surface area contributed by atoms with Crippen molar-refractivity contribution in [1.29, 1.82) is 0 Å². The zero-order chi connectivity index (χ0) is 20.4. The summed E-state index contributed by atoms with van der Waals surface area (Å²) >= 11 is 12.1. The number of pyridine rings is 1. The summed E-state index contributed by atoms with van der Waals surface area (Å²) in [4.78, 5) is 31.2. The number of nitrogen functional groups attached to an aromatic ring is 1. The monoisotopic (exact) mass is 422 g/mol. The fraction of sp³-hybridized carbons (Fsp3) is 0.316. The first-order valence-corrected chi connectivity index (χ1v) is 9.45. The normalized spacial score (nSPS) is 16.9. The van der Waals surface area contributed by atoms with Crippen LogP contribution in [0.5, 0.6) is 0 Å². The molecule has 1 aliphatic rings. The minimum absolute atomic E-state index is 0.250. The highest BCUT2D eigenvalue weighted by Gasteiger charge is 2.33. The first-order valence-electron chi connectivity index (χ1n) is 8.69. The third kappa shape index (κ3) is 4.31. The Hall–Kier alpha value is -2.51. The lowest BCUT2D eigenvalue weighted by Gasteiger charge is -2.43. The maximum Gasteiger partial charge on any atom is 0.312 e. The van der Waals surface area contributed by atoms with Gasteiger partial charge in [-0.3, -0.25) is 9.59 Å². The van der Waals surface area contributed by atoms with Gasteiger partial charge >= 0.3 is 5.97 Å². The van der Waals surface area contributed by atoms with E-state index < -0.39 is 18.3 Å². The summed E-state index contributed by atoms with van der Waals surface area (Å²) in [5, 5.41) is 10.0. The van der Waals surface area contributed by atoms with Crippen molar-refractivity contribution in [2.75, 3.05) is 30.3 Å². The van der Waals surface area contributed by atoms with Crippen molar-refractivity contribution in [3.05, 3.63) is 51.6 Å². The average Bonchev–Trinajstić information content (AvgIpc) is 2.61. The van der Waals surface area contributed by atoms with Gasteiger partial charge in [0.2, 0.25) is 5.91 Å². The Labute approximate surface area is 172 Å². The number of rotatable bonds is 4. The number of carboxylic acids is 1. The molecule has 0 unspecified atom stereocenters. The van der Waals surface area contributed by atoms with E-state index in [1.54, 1.807) is 17.0 Å². The average molecular weight is 423 g/mol. The number of hydrogen-bond acceptors (Lipinski definition) is 5. The second-order valence-corrected chi connectivity index (χ2v) is 7.56. The molecule has 148 valence electrons. The maximum absolute atomic E-state index is 12.3. The predicted molar refractivity (Wildman–Crippen MR) is 109 cm³/mol. The Morgan fingerprint density at radius 1 is 1.25 bits per heavy atom. The quantitative estimate of drug-likeness (QED) is 0.733. The number of amides is 1. The first-order chi connectivity index (χ1) is 13.3. The highest BCUT2D eigenvalue weighted by atomic mass is 35.5. The van der Waals surface area contributed by atoms with E-state index in [0.717, 1.165) is 11.1 Å². The first kappa shape index (κ1) is 20.2. The van der Waals surface area contributed by atoms with Gasteiger partial charge in [-0.25, -0.2) is 4.98 Å². The van der Waals surface area contributed by atoms with Gasteiger partial charge in [0.15, 0.2) is 5.82 Å². The molecule has 1 aromatic carbocycles. The summed E-state index contributed by atoms with van der Waals surface area (Å²) in [7, 11) is 0. The number of aliphatic carboxylic acids is 1. The van der Waals surface area contributed by atoms with Gasteiger partial charge in [0.1, 0.15) is 6.42 Å². The third-order valence-corrected chi connectivity index (χ3v) is 5.20. The van der Waals surface area contributed by atoms with Crippen molar-refractivity contribution in [2.24, 2.45) is 0 Å². The molecule has 2 aromatic rings. The Balaban J connectivity index is 1.99. The third-order valence-electron chi connectivity index (χ3n) is 4.76. The van der Waals surface area contributed by atoms with Crippen LogP contribution in [0.25, 0.3) is 0 Å². The lowest BCUT2D eigenvalue weighted by Crippen LogP contribution is -2.51. The van der Waals surface area contributed by atoms with Crippen LogP contribution in [0.2, 0.25) is 10.0 Å². The van der Waals surface area contributed by atoms with Gasteiger partial charge in [-0.1, -0.05) is 29.3 Å². The molecule has 3 rings (SSSR count). The number of benzene rings is 1. The van der Waals surface area contributed by atoms with Crippen LogP contribution in [0.3, 0.4) is 0 Å². The molecule has 9 heteroatoms. The Kier molecular flexibility index (Phi) is 5.96. The van der Waals surface area contributed by atoms with Crippen LogP contribution in [0.15, 0.2) is 30.5 Å². The number of nitrogens with two attached hydrogens (primary N) is 1. The van der Waals surface area contributed by atoms with Gasteiger partial charge in [0.25, 0.3) is 0 Å². The zero-order valence-corrected chi connectivity index (χ0v) is 16.7. The van der Waals surface area contributed by atoms with Gasteiger partial charge in [-0.2, -0.15) is 0 Å². The van der Waals surface area contributed by atoms with Crippen molar-refractivity contribution in [3.8, 4) is 0 Å². The molecule has 0 bridgehead atoms. The summed E-state index contributed by atoms with van der Waals surface area (Å²) in [5.41, 5.74) is 8.51. The van der Waals surface area contributed by atoms with E-state index in [4.69, 9.17) is 34.0 Å². The molecule has 0 aliphatic carbocycles. The van der Waals surface area contributed by atoms with Crippen LogP contribution < -0.4 is 10.6 Å². The van der Waals surface area contributed by atoms with E-state index in [-0.39, 0.29) is 6.04 Å². The summed E-state index contributed by atoms with van der Waals surface area (Å²) in [6, 6.07) is 6.94. The number of carbonyl (C=O) groups is 2. The Morgan fingerprint density at radius 2 is 2.00 bits per heavy atom. The lowest BCUT2D eigenvalue weighted by atomic mass is 9.97. The lowest BCUT2D eigenvalue weighted by molar-refractivity contribution is -0.144. The summed E-state index contributed by atoms with van der Waals surface area (Å²) in [6.45, 7) is 3.09. The minimum atomic E-state index is -1.14. The highest BCUT2D eigenvalue weighted by Crippen LogP contribution is 2.35. The van der Waals surface area contributed by atoms with E-state index >= 15 is 0 Å². The van der Waals surface area contributed by atoms with Crippen LogP contribution in [0, 0.1) is 6.92 Å². The standard InChI is InChI=1S/C19H20Cl2N4O3/c1-11-6-12(20)2-3-14(11)16-10-24(17(26)8-18(27)28)4-5-25(16)19-15(22)7-13(21)9-23-19/h2-3,6-7,9,16H,4-5,8,10,22H2,1H3,(H,27,28)/t16-/m1/s1. The highest BCUT2D eigenvalue weighted by molar-refractivity contribution is 6.31. The SMILES string of the molecule is Cc1cc(Cl)ccc1[C@H]1CN(C(=O)CC(=O)O)CCN1c1ncc(Cl)cc1N. The molecular formula is C19H20Cl2N4O3. The molecule has 7 nitrogen and oxygen atoms in total. The van der Waals surface area contributed by atoms with E-state index in [2.05, 4.69) is 4.98 Å². The number of carboxylic acid groups (broad SMARTS) is 1. The number of halogens is 2. The number of hydrogen-bond donors (Lipinski definition) is 2. The van der Waals surface area contributed by atoms with Crippen LogP contribution in [0.4, 0.5) is 11.5 Å². The maximum atomic E-state index is 12.3. The molecule has 0 saturated carbocycles. The van der Waals surface area contributed by atoms with E-state index in [9.17, 15) is 9.59 Å². The van der Waals surface area contributed by atoms with Gasteiger partial charge in [0, 0.05) is 30.9 Å². The molecule has 3 N–H and O–H groups in total. The van der Waals surface area contributed by atoms with Crippen LogP contribution >= 0.6 is 23.2 Å². The van der Waals surface area contributed by atoms with Crippen molar-refractivity contribution in [2.45, 2.75) is 19.4 Å². The van der Waals surface area contributed by atoms with Crippen LogP contribution in [0.1, 0.15) is 23.6 Å². The Bertz CT molecular complexity index is 922. The number of piperazine rings is 1. The number of carbonyl (C=O) groups excluding carboxylic acids is 1. The second kappa shape index (κ2) is 8.24. The summed E-state index contributed by atoms with van der Waals surface area (Å²) in [6.07, 6.45) is 0.995. The molecule has 1 aliphatic heterocycles. The fourth-order valence-electron chi connectivity index (χ4n) is 3.47. The van der Waals surface area contributed by atoms with Gasteiger partial charge in [-0.15, -0.1) is 0 Å². The summed E-state index contributed by atoms with van der Waals surface area (Å²) < 4.78 is 0. The molecule has 2 heterocycles. The van der Waals surface area contributed by atoms with E-state index in [1.807, 2.05) is 24.0 Å². The molecule has 0 spiro atoms. The van der Waals surface area contributed by atoms with E-state index in [0.29, 0.717) is 41.2 Å². The molecule has 1 amide bonds. The predicted octanol–water partition coefficient (Wildman–Crippen LogP) is 3.14. The molecule has 1 aromatic heterocycles. The fourth-order valence-corrected chi connectivity index (χ4v) is 3.86. The number of anilines is 2. The number of aryl methyl sites for hydroxylation is 1. The van der Waals surface area contributed by atoms with Crippen molar-refractivity contribution >= 4 is 46.6 Å². The molecule has 28 heavy (non-hydrogen) atoms. The van der Waals surface area contributed by atoms with Gasteiger partial charge in [-0.05, 0) is 36.2 Å². The molecule has 1 saturated heterocycles. The van der Waals surface area contributed by atoms with Crippen LogP contribution in [-0.4, -0.2) is 46.5 Å². The van der Waals surface area contributed by atoms with E-state index in [1.165, 1.54) is 6.20 Å². The molecule has 0 radical (unpaired) electrons. The number of aromatic nitrogens is 1. The van der Waals surface area contributed by atoms with Crippen molar-refractivity contribution in [1.82, 2.24) is 9.88 Å². The molecule has 1 atom stereocenters. The van der Waals surface area contributed by atoms with Crippen molar-refractivity contribution < 1.29 is 14.7 Å². The van der Waals surface area contributed by atoms with Crippen molar-refractivity contribution in [3.63, 3.8) is 0 Å². The zero-order valence-electron chi connectivity index (χ0n) is 15.2. The number of nitrogens with zero attached hydrogens (tertiary/aromatic N) is 3. The minimum Gasteiger partial charge on any atom is -0.481 e. The summed E-state index contributed by atoms with van der Waals surface area (Å²) in [5.74, 6) is -0.981. The molecule has 1 fully saturated rings. The molecular weight excluding hydrogens is 403 g/mol. The van der Waals surface area contributed by atoms with Crippen LogP contribution in [-0.2, 0) is 9.59 Å². The largest absolute Gasteiger partial charge is 0.481 e. The Morgan fingerprint density at radius 3 is 2.64 bits per heavy atom. The second-order valence-electron chi connectivity index (χ2n) is 6.69. The smallest absolute Gasteiger partial charge is 0.312 e. The topological polar surface area (TPSA) is 99.8 Å². The van der Waals surface area contributed by atoms with Gasteiger partial charge < -0.3 is 20.6 Å².